The molecule has 0 atom stereocenters. The number of nitrogens with two attached hydrogens (primary N) is 1. The van der Waals surface area contributed by atoms with Crippen molar-refractivity contribution in [1.29, 1.82) is 0 Å². The van der Waals surface area contributed by atoms with E-state index in [2.05, 4.69) is 26.0 Å². The highest BCUT2D eigenvalue weighted by Crippen LogP contribution is 2.38. The molecule has 3 aromatic rings. The molecule has 0 fully saturated rings. The molecule has 0 spiro atoms. The second kappa shape index (κ2) is 7.67. The van der Waals surface area contributed by atoms with E-state index >= 15 is 0 Å². The van der Waals surface area contributed by atoms with Gasteiger partial charge in [-0.1, -0.05) is 28.1 Å². The van der Waals surface area contributed by atoms with Gasteiger partial charge in [0.25, 0.3) is 5.91 Å². The van der Waals surface area contributed by atoms with Crippen LogP contribution in [-0.4, -0.2) is 42.0 Å². The van der Waals surface area contributed by atoms with Crippen molar-refractivity contribution in [2.75, 3.05) is 27.1 Å². The molecule has 2 aromatic carbocycles. The minimum Gasteiger partial charge on any atom is -0.493 e. The fraction of sp³-hybridized carbons (Fsp3) is 0.167. The number of rotatable bonds is 5. The Bertz CT molecular complexity index is 961. The monoisotopic (exact) mass is 432 g/mol. The van der Waals surface area contributed by atoms with Crippen LogP contribution in [0.3, 0.4) is 0 Å². The Balaban J connectivity index is 2.02. The highest BCUT2D eigenvalue weighted by Gasteiger charge is 2.21. The van der Waals surface area contributed by atoms with Crippen molar-refractivity contribution in [3.05, 3.63) is 46.4 Å². The molecule has 0 aliphatic rings. The molecule has 1 heterocycles. The van der Waals surface area contributed by atoms with Crippen molar-refractivity contribution in [1.82, 2.24) is 14.8 Å². The Morgan fingerprint density at radius 3 is 2.15 bits per heavy atom. The maximum atomic E-state index is 12.9. The van der Waals surface area contributed by atoms with E-state index in [0.29, 0.717) is 23.1 Å². The standard InChI is InChI=1S/C18H17BrN4O4/c1-25-13-8-11(9-14(26-2)15(13)27-3)17(24)23-18(20)21-16(22-23)10-4-6-12(19)7-5-10/h4-9H,1-3H3,(H2,20,21,22). The van der Waals surface area contributed by atoms with Gasteiger partial charge >= 0.3 is 0 Å². The van der Waals surface area contributed by atoms with E-state index in [0.717, 1.165) is 14.7 Å². The van der Waals surface area contributed by atoms with Gasteiger partial charge in [0.1, 0.15) is 0 Å². The van der Waals surface area contributed by atoms with Crippen LogP contribution >= 0.6 is 15.9 Å². The summed E-state index contributed by atoms with van der Waals surface area (Å²) in [5, 5.41) is 4.24. The number of nitrogen functional groups attached to an aromatic ring is 1. The Morgan fingerprint density at radius 1 is 1.04 bits per heavy atom. The van der Waals surface area contributed by atoms with Gasteiger partial charge in [-0.05, 0) is 24.3 Å². The minimum absolute atomic E-state index is 0.0216. The number of ether oxygens (including phenoxy) is 3. The number of benzene rings is 2. The Labute approximate surface area is 164 Å². The zero-order valence-corrected chi connectivity index (χ0v) is 16.5. The lowest BCUT2D eigenvalue weighted by molar-refractivity contribution is 0.0947. The van der Waals surface area contributed by atoms with E-state index in [1.165, 1.54) is 33.5 Å². The molecule has 0 bridgehead atoms. The molecular formula is C18H17BrN4O4. The second-order valence-electron chi connectivity index (χ2n) is 5.43. The van der Waals surface area contributed by atoms with Gasteiger partial charge in [0.15, 0.2) is 17.3 Å². The lowest BCUT2D eigenvalue weighted by Gasteiger charge is -2.13. The van der Waals surface area contributed by atoms with Gasteiger partial charge in [-0.25, -0.2) is 0 Å². The number of methoxy groups -OCH3 is 3. The van der Waals surface area contributed by atoms with Crippen LogP contribution in [-0.2, 0) is 0 Å². The van der Waals surface area contributed by atoms with Crippen LogP contribution < -0.4 is 19.9 Å². The van der Waals surface area contributed by atoms with Crippen LogP contribution in [0.15, 0.2) is 40.9 Å². The summed E-state index contributed by atoms with van der Waals surface area (Å²) in [6.07, 6.45) is 0. The van der Waals surface area contributed by atoms with Crippen molar-refractivity contribution in [3.63, 3.8) is 0 Å². The van der Waals surface area contributed by atoms with Crippen LogP contribution in [0, 0.1) is 0 Å². The van der Waals surface area contributed by atoms with Crippen molar-refractivity contribution in [2.24, 2.45) is 0 Å². The average molecular weight is 433 g/mol. The van der Waals surface area contributed by atoms with Crippen molar-refractivity contribution in [3.8, 4) is 28.6 Å². The number of carbonyl (C=O) groups is 1. The van der Waals surface area contributed by atoms with E-state index in [1.807, 2.05) is 24.3 Å². The maximum absolute atomic E-state index is 12.9. The molecule has 0 aliphatic heterocycles. The van der Waals surface area contributed by atoms with E-state index < -0.39 is 5.91 Å². The molecule has 0 amide bonds. The molecular weight excluding hydrogens is 416 g/mol. The Morgan fingerprint density at radius 2 is 1.63 bits per heavy atom. The Hall–Kier alpha value is -3.07. The number of hydrogen-bond acceptors (Lipinski definition) is 7. The molecule has 8 nitrogen and oxygen atoms in total. The van der Waals surface area contributed by atoms with Crippen molar-refractivity contribution >= 4 is 27.8 Å². The summed E-state index contributed by atoms with van der Waals surface area (Å²) in [4.78, 5) is 17.1. The number of anilines is 1. The normalized spacial score (nSPS) is 10.5. The topological polar surface area (TPSA) is 101 Å². The van der Waals surface area contributed by atoms with Crippen LogP contribution in [0.4, 0.5) is 5.95 Å². The molecule has 3 rings (SSSR count). The van der Waals surface area contributed by atoms with Gasteiger partial charge < -0.3 is 19.9 Å². The number of carbonyl (C=O) groups excluding carboxylic acids is 1. The summed E-state index contributed by atoms with van der Waals surface area (Å²) >= 11 is 3.37. The average Bonchev–Trinajstić information content (AvgIpc) is 3.08. The van der Waals surface area contributed by atoms with Crippen molar-refractivity contribution < 1.29 is 19.0 Å². The first-order valence-electron chi connectivity index (χ1n) is 7.81. The first kappa shape index (κ1) is 18.7. The minimum atomic E-state index is -0.470. The van der Waals surface area contributed by atoms with Gasteiger partial charge in [-0.2, -0.15) is 9.67 Å². The SMILES string of the molecule is COc1cc(C(=O)n2nc(-c3ccc(Br)cc3)nc2N)cc(OC)c1OC. The van der Waals surface area contributed by atoms with Gasteiger partial charge in [0, 0.05) is 15.6 Å². The summed E-state index contributed by atoms with van der Waals surface area (Å²) < 4.78 is 17.8. The summed E-state index contributed by atoms with van der Waals surface area (Å²) in [5.41, 5.74) is 6.92. The van der Waals surface area contributed by atoms with Crippen LogP contribution in [0.2, 0.25) is 0 Å². The summed E-state index contributed by atoms with van der Waals surface area (Å²) in [5.74, 6) is 0.952. The first-order valence-corrected chi connectivity index (χ1v) is 8.61. The van der Waals surface area contributed by atoms with Gasteiger partial charge in [-0.15, -0.1) is 5.10 Å². The van der Waals surface area contributed by atoms with Crippen LogP contribution in [0.1, 0.15) is 10.4 Å². The fourth-order valence-electron chi connectivity index (χ4n) is 2.52. The van der Waals surface area contributed by atoms with Crippen molar-refractivity contribution in [2.45, 2.75) is 0 Å². The molecule has 9 heteroatoms. The fourth-order valence-corrected chi connectivity index (χ4v) is 2.79. The molecule has 0 radical (unpaired) electrons. The predicted molar refractivity (Wildman–Crippen MR) is 103 cm³/mol. The highest BCUT2D eigenvalue weighted by molar-refractivity contribution is 9.10. The van der Waals surface area contributed by atoms with Crippen LogP contribution in [0.25, 0.3) is 11.4 Å². The number of halogens is 1. The molecule has 0 unspecified atom stereocenters. The quantitative estimate of drug-likeness (QED) is 0.660. The largest absolute Gasteiger partial charge is 0.493 e. The summed E-state index contributed by atoms with van der Waals surface area (Å²) in [6.45, 7) is 0. The predicted octanol–water partition coefficient (Wildman–Crippen LogP) is 3.00. The third-order valence-corrected chi connectivity index (χ3v) is 4.37. The number of aromatic nitrogens is 3. The molecule has 140 valence electrons. The highest BCUT2D eigenvalue weighted by atomic mass is 79.9. The van der Waals surface area contributed by atoms with Gasteiger partial charge in [0.05, 0.1) is 21.3 Å². The van der Waals surface area contributed by atoms with Gasteiger partial charge in [-0.3, -0.25) is 4.79 Å². The van der Waals surface area contributed by atoms with Crippen LogP contribution in [0.5, 0.6) is 17.2 Å². The number of nitrogens with zero attached hydrogens (tertiary/aromatic N) is 3. The molecule has 0 saturated carbocycles. The van der Waals surface area contributed by atoms with E-state index in [4.69, 9.17) is 19.9 Å². The zero-order chi connectivity index (χ0) is 19.6. The summed E-state index contributed by atoms with van der Waals surface area (Å²) in [7, 11) is 4.43. The molecule has 0 aliphatic carbocycles. The third-order valence-electron chi connectivity index (χ3n) is 3.84. The first-order chi connectivity index (χ1) is 13.0. The lowest BCUT2D eigenvalue weighted by atomic mass is 10.1. The second-order valence-corrected chi connectivity index (χ2v) is 6.35. The van der Waals surface area contributed by atoms with E-state index in [9.17, 15) is 4.79 Å². The lowest BCUT2D eigenvalue weighted by Crippen LogP contribution is -2.16. The van der Waals surface area contributed by atoms with Gasteiger partial charge in [0.2, 0.25) is 11.7 Å². The Kier molecular flexibility index (Phi) is 5.31. The summed E-state index contributed by atoms with van der Waals surface area (Å²) in [6, 6.07) is 10.4. The molecule has 1 aromatic heterocycles. The molecule has 27 heavy (non-hydrogen) atoms. The maximum Gasteiger partial charge on any atom is 0.281 e. The number of hydrogen-bond donors (Lipinski definition) is 1. The molecule has 0 saturated heterocycles. The van der Waals surface area contributed by atoms with E-state index in [1.54, 1.807) is 0 Å². The smallest absolute Gasteiger partial charge is 0.281 e. The molecule has 2 N–H and O–H groups in total. The third kappa shape index (κ3) is 3.59. The van der Waals surface area contributed by atoms with E-state index in [-0.39, 0.29) is 11.5 Å². The zero-order valence-electron chi connectivity index (χ0n) is 14.9.